The van der Waals surface area contributed by atoms with Crippen molar-refractivity contribution in [2.24, 2.45) is 5.92 Å². The summed E-state index contributed by atoms with van der Waals surface area (Å²) >= 11 is 4.62. The van der Waals surface area contributed by atoms with Crippen LogP contribution < -0.4 is 10.6 Å². The van der Waals surface area contributed by atoms with Crippen molar-refractivity contribution in [3.05, 3.63) is 42.2 Å². The fraction of sp³-hybridized carbons (Fsp3) is 0.520. The van der Waals surface area contributed by atoms with Gasteiger partial charge < -0.3 is 15.5 Å². The minimum absolute atomic E-state index is 0.0798. The first-order valence-electron chi connectivity index (χ1n) is 11.7. The van der Waals surface area contributed by atoms with Crippen molar-refractivity contribution in [1.82, 2.24) is 15.2 Å². The molecule has 1 aromatic heterocycles. The van der Waals surface area contributed by atoms with E-state index in [1.165, 1.54) is 0 Å². The lowest BCUT2D eigenvalue weighted by atomic mass is 9.95. The number of allylic oxidation sites excluding steroid dienone is 1. The molecule has 1 aromatic carbocycles. The number of pyridine rings is 1. The Morgan fingerprint density at radius 3 is 2.69 bits per heavy atom. The second-order valence-electron chi connectivity index (χ2n) is 9.62. The van der Waals surface area contributed by atoms with Crippen LogP contribution in [0.15, 0.2) is 30.8 Å². The predicted molar refractivity (Wildman–Crippen MR) is 133 cm³/mol. The number of carbonyl (C=O) groups is 1. The summed E-state index contributed by atoms with van der Waals surface area (Å²) in [7, 11) is 3.40. The number of likely N-dealkylation sites (tertiary alicyclic amines) is 1. The Hall–Kier alpha value is -2.33. The Kier molecular flexibility index (Phi) is 7.07. The maximum atomic E-state index is 15.0. The van der Waals surface area contributed by atoms with Crippen molar-refractivity contribution >= 4 is 40.6 Å². The number of piperidine rings is 1. The van der Waals surface area contributed by atoms with Gasteiger partial charge in [-0.1, -0.05) is 18.7 Å². The van der Waals surface area contributed by atoms with Crippen LogP contribution in [0.1, 0.15) is 43.0 Å². The molecule has 1 aliphatic carbocycles. The van der Waals surface area contributed by atoms with Crippen LogP contribution in [0.3, 0.4) is 0 Å². The van der Waals surface area contributed by atoms with Crippen LogP contribution in [0.25, 0.3) is 16.3 Å². The lowest BCUT2D eigenvalue weighted by Crippen LogP contribution is -2.53. The average Bonchev–Trinajstić information content (AvgIpc) is 3.30. The molecule has 0 radical (unpaired) electrons. The molecule has 10 heteroatoms. The van der Waals surface area contributed by atoms with Gasteiger partial charge in [0.25, 0.3) is 0 Å². The molecule has 4 rings (SSSR count). The average molecular weight is 511 g/mol. The highest BCUT2D eigenvalue weighted by Gasteiger charge is 2.41. The molecule has 2 N–H and O–H groups in total. The summed E-state index contributed by atoms with van der Waals surface area (Å²) in [6.07, 6.45) is -3.75. The third-order valence-electron chi connectivity index (χ3n) is 7.21. The Morgan fingerprint density at radius 2 is 2.03 bits per heavy atom. The molecule has 0 unspecified atom stereocenters. The molecule has 2 aromatic rings. The van der Waals surface area contributed by atoms with Crippen LogP contribution in [0.5, 0.6) is 0 Å². The number of carbonyl (C=O) groups excluding carboxylic acids is 1. The smallest absolute Gasteiger partial charge is 0.368 e. The fourth-order valence-electron chi connectivity index (χ4n) is 5.08. The van der Waals surface area contributed by atoms with Crippen LogP contribution in [-0.2, 0) is 4.79 Å². The lowest BCUT2D eigenvalue weighted by Gasteiger charge is -2.41. The van der Waals surface area contributed by atoms with Crippen LogP contribution in [-0.4, -0.2) is 60.2 Å². The maximum Gasteiger partial charge on any atom is 0.417 e. The predicted octanol–water partition coefficient (Wildman–Crippen LogP) is 5.15. The van der Waals surface area contributed by atoms with Gasteiger partial charge in [-0.15, -0.1) is 12.6 Å². The summed E-state index contributed by atoms with van der Waals surface area (Å²) in [6, 6.07) is 6.67. The van der Waals surface area contributed by atoms with E-state index in [9.17, 15) is 18.0 Å². The summed E-state index contributed by atoms with van der Waals surface area (Å²) in [5, 5.41) is 6.61. The van der Waals surface area contributed by atoms with Gasteiger partial charge in [0.15, 0.2) is 0 Å². The van der Waals surface area contributed by atoms with E-state index >= 15 is 4.39 Å². The summed E-state index contributed by atoms with van der Waals surface area (Å²) in [4.78, 5) is 17.3. The topological polar surface area (TPSA) is 57.3 Å². The number of aromatic nitrogens is 1. The van der Waals surface area contributed by atoms with E-state index in [1.807, 2.05) is 11.9 Å². The molecule has 1 saturated carbocycles. The number of nitrogens with zero attached hydrogens (tertiary/aromatic N) is 2. The van der Waals surface area contributed by atoms with Crippen LogP contribution >= 0.6 is 12.6 Å². The quantitative estimate of drug-likeness (QED) is 0.296. The highest BCUT2D eigenvalue weighted by atomic mass is 32.1. The van der Waals surface area contributed by atoms with E-state index in [0.717, 1.165) is 0 Å². The molecule has 2 aliphatic rings. The standard InChI is InChI=1S/C25H30F4N4OS/c1-14(25(27,28)29)22-17-5-4-6-19(32-24(35)9-10-33(3)13-21(24)26)18(17)12-20(31-22)15-7-8-16(11-15)23(34)30-2/h4-6,12,15-16,21,32,35H,1,7-11,13H2,2-3H3,(H,30,34)/t15-,16+,21-,24+/m0/s1. The molecular weight excluding hydrogens is 480 g/mol. The normalized spacial score (nSPS) is 27.7. The molecule has 35 heavy (non-hydrogen) atoms. The van der Waals surface area contributed by atoms with Crippen LogP contribution in [0, 0.1) is 5.92 Å². The van der Waals surface area contributed by atoms with Crippen LogP contribution in [0.2, 0.25) is 0 Å². The number of fused-ring (bicyclic) bond motifs is 1. The lowest BCUT2D eigenvalue weighted by molar-refractivity contribution is -0.124. The maximum absolute atomic E-state index is 15.0. The van der Waals surface area contributed by atoms with Gasteiger partial charge in [-0.2, -0.15) is 13.2 Å². The van der Waals surface area contributed by atoms with E-state index in [0.29, 0.717) is 49.0 Å². The van der Waals surface area contributed by atoms with E-state index in [2.05, 4.69) is 34.8 Å². The number of halogens is 4. The zero-order valence-electron chi connectivity index (χ0n) is 19.8. The minimum Gasteiger partial charge on any atom is -0.368 e. The molecule has 2 heterocycles. The van der Waals surface area contributed by atoms with Crippen LogP contribution in [0.4, 0.5) is 23.2 Å². The number of nitrogens with one attached hydrogen (secondary N) is 2. The third kappa shape index (κ3) is 5.14. The zero-order chi connectivity index (χ0) is 25.5. The summed E-state index contributed by atoms with van der Waals surface area (Å²) in [5.41, 5.74) is -0.312. The second kappa shape index (κ2) is 9.61. The highest BCUT2D eigenvalue weighted by Crippen LogP contribution is 2.43. The number of anilines is 1. The SMILES string of the molecule is C=C(c1nc([C@H]2CC[C@@H](C(=O)NC)C2)cc2c(N[C@@]3(S)CCN(C)C[C@@H]3F)cccc12)C(F)(F)F. The molecule has 1 amide bonds. The third-order valence-corrected chi connectivity index (χ3v) is 7.82. The van der Waals surface area contributed by atoms with Gasteiger partial charge in [-0.25, -0.2) is 4.39 Å². The fourth-order valence-corrected chi connectivity index (χ4v) is 5.38. The molecule has 1 saturated heterocycles. The van der Waals surface area contributed by atoms with Gasteiger partial charge in [0.05, 0.1) is 11.3 Å². The number of hydrogen-bond acceptors (Lipinski definition) is 5. The number of thiol groups is 1. The summed E-state index contributed by atoms with van der Waals surface area (Å²) in [5.74, 6) is -0.460. The molecule has 2 fully saturated rings. The molecule has 190 valence electrons. The van der Waals surface area contributed by atoms with Crippen molar-refractivity contribution in [3.8, 4) is 0 Å². The number of amides is 1. The first-order chi connectivity index (χ1) is 16.4. The number of rotatable bonds is 5. The largest absolute Gasteiger partial charge is 0.417 e. The zero-order valence-corrected chi connectivity index (χ0v) is 20.6. The number of benzene rings is 1. The second-order valence-corrected chi connectivity index (χ2v) is 10.4. The minimum atomic E-state index is -4.66. The van der Waals surface area contributed by atoms with E-state index in [-0.39, 0.29) is 35.4 Å². The van der Waals surface area contributed by atoms with Gasteiger partial charge in [-0.3, -0.25) is 9.78 Å². The van der Waals surface area contributed by atoms with Gasteiger partial charge in [0, 0.05) is 54.1 Å². The summed E-state index contributed by atoms with van der Waals surface area (Å²) < 4.78 is 56.2. The monoisotopic (exact) mass is 510 g/mol. The van der Waals surface area contributed by atoms with Crippen molar-refractivity contribution in [1.29, 1.82) is 0 Å². The molecular formula is C25H30F4N4OS. The van der Waals surface area contributed by atoms with Crippen molar-refractivity contribution < 1.29 is 22.4 Å². The molecule has 0 bridgehead atoms. The number of hydrogen-bond donors (Lipinski definition) is 3. The molecule has 0 spiro atoms. The Balaban J connectivity index is 1.80. The number of alkyl halides is 4. The first-order valence-corrected chi connectivity index (χ1v) is 12.1. The Bertz CT molecular complexity index is 1140. The molecule has 1 aliphatic heterocycles. The first kappa shape index (κ1) is 25.8. The Morgan fingerprint density at radius 1 is 1.29 bits per heavy atom. The van der Waals surface area contributed by atoms with Gasteiger partial charge in [-0.05, 0) is 44.9 Å². The molecule has 5 nitrogen and oxygen atoms in total. The van der Waals surface area contributed by atoms with Crippen molar-refractivity contribution in [2.45, 2.75) is 48.8 Å². The van der Waals surface area contributed by atoms with E-state index < -0.39 is 22.8 Å². The van der Waals surface area contributed by atoms with Crippen molar-refractivity contribution in [2.75, 3.05) is 32.5 Å². The van der Waals surface area contributed by atoms with E-state index in [1.54, 1.807) is 31.3 Å². The molecule has 4 atom stereocenters. The van der Waals surface area contributed by atoms with E-state index in [4.69, 9.17) is 0 Å². The van der Waals surface area contributed by atoms with Gasteiger partial charge >= 0.3 is 6.18 Å². The van der Waals surface area contributed by atoms with Crippen molar-refractivity contribution in [3.63, 3.8) is 0 Å². The van der Waals surface area contributed by atoms with Gasteiger partial charge in [0.2, 0.25) is 5.91 Å². The Labute approximate surface area is 207 Å². The highest BCUT2D eigenvalue weighted by molar-refractivity contribution is 7.82. The van der Waals surface area contributed by atoms with Gasteiger partial charge in [0.1, 0.15) is 11.0 Å². The summed E-state index contributed by atoms with van der Waals surface area (Å²) in [6.45, 7) is 4.13.